The molecule has 1 heterocycles. The van der Waals surface area contributed by atoms with Crippen LogP contribution in [0.2, 0.25) is 0 Å². The van der Waals surface area contributed by atoms with E-state index in [0.717, 1.165) is 4.09 Å². The summed E-state index contributed by atoms with van der Waals surface area (Å²) < 4.78 is 5.81. The Hall–Kier alpha value is -1.82. The zero-order valence-corrected chi connectivity index (χ0v) is 10.7. The normalized spacial score (nSPS) is 10.6. The van der Waals surface area contributed by atoms with Crippen molar-refractivity contribution in [3.05, 3.63) is 40.3 Å². The predicted octanol–water partition coefficient (Wildman–Crippen LogP) is 1.20. The smallest absolute Gasteiger partial charge is 0.311 e. The number of rotatable bonds is 3. The Morgan fingerprint density at radius 3 is 2.72 bits per heavy atom. The molecule has 6 heteroatoms. The first-order valence-corrected chi connectivity index (χ1v) is 5.89. The van der Waals surface area contributed by atoms with E-state index in [0.29, 0.717) is 23.1 Å². The number of carbonyl (C=O) groups is 1. The molecule has 2 aromatic rings. The quantitative estimate of drug-likeness (QED) is 0.668. The summed E-state index contributed by atoms with van der Waals surface area (Å²) in [5.41, 5.74) is 0.181. The molecule has 0 radical (unpaired) electrons. The largest absolute Gasteiger partial charge is 0.466 e. The molecular formula is C12H12N2O3S. The second kappa shape index (κ2) is 5.22. The Kier molecular flexibility index (Phi) is 3.66. The number of esters is 1. The van der Waals surface area contributed by atoms with Crippen molar-refractivity contribution in [2.75, 3.05) is 6.61 Å². The van der Waals surface area contributed by atoms with Crippen molar-refractivity contribution < 1.29 is 9.53 Å². The van der Waals surface area contributed by atoms with Crippen LogP contribution >= 0.6 is 12.8 Å². The van der Waals surface area contributed by atoms with E-state index in [1.54, 1.807) is 31.2 Å². The van der Waals surface area contributed by atoms with Gasteiger partial charge in [0.15, 0.2) is 0 Å². The van der Waals surface area contributed by atoms with Crippen LogP contribution in [0.4, 0.5) is 0 Å². The number of thiol groups is 1. The lowest BCUT2D eigenvalue weighted by Crippen LogP contribution is -2.20. The first kappa shape index (κ1) is 12.6. The van der Waals surface area contributed by atoms with Gasteiger partial charge in [0, 0.05) is 5.39 Å². The molecule has 1 aromatic heterocycles. The van der Waals surface area contributed by atoms with Crippen molar-refractivity contribution >= 4 is 29.6 Å². The number of ether oxygens (including phenoxy) is 1. The predicted molar refractivity (Wildman–Crippen MR) is 70.7 cm³/mol. The van der Waals surface area contributed by atoms with E-state index in [-0.39, 0.29) is 17.9 Å². The van der Waals surface area contributed by atoms with Gasteiger partial charge in [-0.25, -0.2) is 0 Å². The van der Waals surface area contributed by atoms with Crippen LogP contribution < -0.4 is 5.56 Å². The number of hydrogen-bond donors (Lipinski definition) is 1. The summed E-state index contributed by atoms with van der Waals surface area (Å²) in [6, 6.07) is 6.99. The molecular weight excluding hydrogens is 252 g/mol. The number of nitrogens with zero attached hydrogens (tertiary/aromatic N) is 2. The first-order valence-electron chi connectivity index (χ1n) is 5.49. The molecule has 0 aliphatic carbocycles. The highest BCUT2D eigenvalue weighted by atomic mass is 32.1. The molecule has 1 aromatic carbocycles. The van der Waals surface area contributed by atoms with Crippen molar-refractivity contribution in [2.24, 2.45) is 0 Å². The van der Waals surface area contributed by atoms with Crippen LogP contribution in [0.15, 0.2) is 29.1 Å². The van der Waals surface area contributed by atoms with Gasteiger partial charge >= 0.3 is 5.97 Å². The Morgan fingerprint density at radius 2 is 2.06 bits per heavy atom. The van der Waals surface area contributed by atoms with E-state index < -0.39 is 0 Å². The highest BCUT2D eigenvalue weighted by Gasteiger charge is 2.12. The standard InChI is InChI=1S/C12H12N2O3S/c1-2-17-11(15)7-10-8-5-3-4-6-9(8)12(16)14(18)13-10/h3-6,18H,2,7H2,1H3. The SMILES string of the molecule is CCOC(=O)Cc1nn(S)c(=O)c2ccccc12. The topological polar surface area (TPSA) is 61.2 Å². The first-order chi connectivity index (χ1) is 8.63. The molecule has 0 aliphatic heterocycles. The van der Waals surface area contributed by atoms with Gasteiger partial charge in [0.1, 0.15) is 0 Å². The molecule has 5 nitrogen and oxygen atoms in total. The molecule has 0 N–H and O–H groups in total. The summed E-state index contributed by atoms with van der Waals surface area (Å²) >= 11 is 3.96. The van der Waals surface area contributed by atoms with Crippen molar-refractivity contribution in [3.8, 4) is 0 Å². The van der Waals surface area contributed by atoms with Crippen molar-refractivity contribution in [2.45, 2.75) is 13.3 Å². The number of benzene rings is 1. The van der Waals surface area contributed by atoms with Crippen LogP contribution in [0.25, 0.3) is 10.8 Å². The molecule has 0 saturated carbocycles. The number of aromatic nitrogens is 2. The fourth-order valence-corrected chi connectivity index (χ4v) is 1.94. The average Bonchev–Trinajstić information content (AvgIpc) is 2.36. The highest BCUT2D eigenvalue weighted by molar-refractivity contribution is 7.78. The monoisotopic (exact) mass is 264 g/mol. The van der Waals surface area contributed by atoms with Gasteiger partial charge in [-0.05, 0) is 25.8 Å². The van der Waals surface area contributed by atoms with Crippen LogP contribution in [0.3, 0.4) is 0 Å². The Bertz CT molecular complexity index is 651. The summed E-state index contributed by atoms with van der Waals surface area (Å²) in [5.74, 6) is -0.373. The molecule has 0 amide bonds. The lowest BCUT2D eigenvalue weighted by Gasteiger charge is -2.06. The molecule has 0 unspecified atom stereocenters. The maximum Gasteiger partial charge on any atom is 0.311 e. The fourth-order valence-electron chi connectivity index (χ4n) is 1.72. The van der Waals surface area contributed by atoms with E-state index in [1.807, 2.05) is 0 Å². The van der Waals surface area contributed by atoms with Crippen molar-refractivity contribution in [3.63, 3.8) is 0 Å². The number of hydrogen-bond acceptors (Lipinski definition) is 5. The average molecular weight is 264 g/mol. The lowest BCUT2D eigenvalue weighted by atomic mass is 10.1. The zero-order chi connectivity index (χ0) is 13.1. The third kappa shape index (κ3) is 2.38. The van der Waals surface area contributed by atoms with Gasteiger partial charge in [-0.3, -0.25) is 9.59 Å². The number of fused-ring (bicyclic) bond motifs is 1. The van der Waals surface area contributed by atoms with E-state index in [2.05, 4.69) is 17.9 Å². The van der Waals surface area contributed by atoms with Gasteiger partial charge in [0.05, 0.1) is 24.1 Å². The van der Waals surface area contributed by atoms with E-state index >= 15 is 0 Å². The van der Waals surface area contributed by atoms with Crippen LogP contribution in [0.1, 0.15) is 12.6 Å². The third-order valence-corrected chi connectivity index (χ3v) is 2.75. The van der Waals surface area contributed by atoms with Gasteiger partial charge < -0.3 is 4.74 Å². The zero-order valence-electron chi connectivity index (χ0n) is 9.79. The van der Waals surface area contributed by atoms with E-state index in [4.69, 9.17) is 4.74 Å². The van der Waals surface area contributed by atoms with Crippen molar-refractivity contribution in [1.82, 2.24) is 9.19 Å². The minimum absolute atomic E-state index is 0.0230. The second-order valence-corrected chi connectivity index (χ2v) is 4.05. The highest BCUT2D eigenvalue weighted by Crippen LogP contribution is 2.14. The fraction of sp³-hybridized carbons (Fsp3) is 0.250. The minimum atomic E-state index is -0.373. The van der Waals surface area contributed by atoms with Gasteiger partial charge in [-0.1, -0.05) is 18.2 Å². The molecule has 0 fully saturated rings. The summed E-state index contributed by atoms with van der Waals surface area (Å²) in [4.78, 5) is 23.3. The van der Waals surface area contributed by atoms with Gasteiger partial charge in [0.2, 0.25) is 0 Å². The molecule has 2 rings (SSSR count). The second-order valence-electron chi connectivity index (χ2n) is 3.67. The Morgan fingerprint density at radius 1 is 1.39 bits per heavy atom. The van der Waals surface area contributed by atoms with Crippen LogP contribution in [-0.2, 0) is 16.0 Å². The lowest BCUT2D eigenvalue weighted by molar-refractivity contribution is -0.142. The van der Waals surface area contributed by atoms with Crippen LogP contribution in [0.5, 0.6) is 0 Å². The maximum absolute atomic E-state index is 11.8. The molecule has 0 bridgehead atoms. The number of carbonyl (C=O) groups excluding carboxylic acids is 1. The maximum atomic E-state index is 11.8. The molecule has 94 valence electrons. The summed E-state index contributed by atoms with van der Waals surface area (Å²) in [5, 5.41) is 5.13. The van der Waals surface area contributed by atoms with Gasteiger partial charge in [0.25, 0.3) is 5.56 Å². The van der Waals surface area contributed by atoms with Crippen LogP contribution in [0, 0.1) is 0 Å². The Balaban J connectivity index is 2.54. The third-order valence-electron chi connectivity index (χ3n) is 2.48. The molecule has 0 saturated heterocycles. The van der Waals surface area contributed by atoms with Gasteiger partial charge in [-0.2, -0.15) is 9.19 Å². The van der Waals surface area contributed by atoms with E-state index in [1.165, 1.54) is 0 Å². The molecule has 18 heavy (non-hydrogen) atoms. The molecule has 0 spiro atoms. The summed E-state index contributed by atoms with van der Waals surface area (Å²) in [7, 11) is 0. The minimum Gasteiger partial charge on any atom is -0.466 e. The summed E-state index contributed by atoms with van der Waals surface area (Å²) in [6.45, 7) is 2.06. The van der Waals surface area contributed by atoms with E-state index in [9.17, 15) is 9.59 Å². The Labute approximate surface area is 109 Å². The van der Waals surface area contributed by atoms with Crippen molar-refractivity contribution in [1.29, 1.82) is 0 Å². The molecule has 0 aliphatic rings. The molecule has 0 atom stereocenters. The summed E-state index contributed by atoms with van der Waals surface area (Å²) in [6.07, 6.45) is 0.0230. The van der Waals surface area contributed by atoms with Gasteiger partial charge in [-0.15, -0.1) is 0 Å². The van der Waals surface area contributed by atoms with Crippen LogP contribution in [-0.4, -0.2) is 21.8 Å².